The minimum atomic E-state index is -4.75. The van der Waals surface area contributed by atoms with Gasteiger partial charge in [0.05, 0.1) is 0 Å². The molecular weight excluding hydrogens is 451 g/mol. The number of fused-ring (bicyclic) bond motifs is 3. The first kappa shape index (κ1) is 20.5. The summed E-state index contributed by atoms with van der Waals surface area (Å²) < 4.78 is 42.3. The first-order valence-corrected chi connectivity index (χ1v) is 12.5. The van der Waals surface area contributed by atoms with Crippen molar-refractivity contribution in [2.24, 2.45) is 11.8 Å². The number of halogens is 3. The number of aromatic nitrogens is 1. The maximum Gasteiger partial charge on any atom is 0.331 e. The zero-order chi connectivity index (χ0) is 20.1. The molecule has 2 aliphatic carbocycles. The third-order valence-corrected chi connectivity index (χ3v) is 8.16. The molecule has 1 aromatic heterocycles. The van der Waals surface area contributed by atoms with Crippen molar-refractivity contribution < 1.29 is 23.1 Å². The Morgan fingerprint density at radius 2 is 1.96 bits per heavy atom. The van der Waals surface area contributed by atoms with E-state index in [0.717, 1.165) is 25.8 Å². The first-order chi connectivity index (χ1) is 13.2. The van der Waals surface area contributed by atoms with Crippen LogP contribution in [0.15, 0.2) is 24.3 Å². The van der Waals surface area contributed by atoms with Crippen molar-refractivity contribution in [1.82, 2.24) is 4.57 Å². The summed E-state index contributed by atoms with van der Waals surface area (Å²) in [5.41, 5.74) is 4.06. The predicted molar refractivity (Wildman–Crippen MR) is 109 cm³/mol. The van der Waals surface area contributed by atoms with Gasteiger partial charge in [0.25, 0.3) is 5.92 Å². The Morgan fingerprint density at radius 1 is 1.21 bits per heavy atom. The van der Waals surface area contributed by atoms with E-state index in [2.05, 4.69) is 38.7 Å². The number of hydrogen-bond acceptors (Lipinski definition) is 1. The molecule has 0 amide bonds. The van der Waals surface area contributed by atoms with Gasteiger partial charge in [0, 0.05) is 33.9 Å². The average Bonchev–Trinajstić information content (AvgIpc) is 3.16. The lowest BCUT2D eigenvalue weighted by atomic mass is 9.79. The molecule has 154 valence electrons. The Bertz CT molecular complexity index is 926. The van der Waals surface area contributed by atoms with Gasteiger partial charge in [-0.1, -0.05) is 34.1 Å². The molecule has 0 spiro atoms. The molecule has 2 aromatic rings. The van der Waals surface area contributed by atoms with Crippen molar-refractivity contribution in [3.05, 3.63) is 35.5 Å². The van der Waals surface area contributed by atoms with Crippen LogP contribution in [-0.4, -0.2) is 31.3 Å². The van der Waals surface area contributed by atoms with Crippen molar-refractivity contribution in [2.45, 2.75) is 55.8 Å². The maximum absolute atomic E-state index is 14.4. The molecule has 0 radical (unpaired) electrons. The Kier molecular flexibility index (Phi) is 5.49. The second kappa shape index (κ2) is 7.50. The van der Waals surface area contributed by atoms with Crippen LogP contribution in [0.4, 0.5) is 8.78 Å². The van der Waals surface area contributed by atoms with E-state index in [9.17, 15) is 13.3 Å². The van der Waals surface area contributed by atoms with Crippen molar-refractivity contribution in [2.75, 3.05) is 6.16 Å². The fraction of sp³-hybridized carbons (Fsp3) is 0.600. The molecule has 1 saturated carbocycles. The lowest BCUT2D eigenvalue weighted by Gasteiger charge is -2.38. The van der Waals surface area contributed by atoms with Crippen LogP contribution in [0.2, 0.25) is 0 Å². The summed E-state index contributed by atoms with van der Waals surface area (Å²) in [6.07, 6.45) is 3.47. The molecule has 3 atom stereocenters. The van der Waals surface area contributed by atoms with Crippen molar-refractivity contribution in [3.63, 3.8) is 0 Å². The molecule has 1 heterocycles. The van der Waals surface area contributed by atoms with E-state index in [1.54, 1.807) is 0 Å². The first-order valence-electron chi connectivity index (χ1n) is 9.81. The normalized spacial score (nSPS) is 26.0. The molecule has 1 fully saturated rings. The number of para-hydroxylation sites is 1. The zero-order valence-corrected chi connectivity index (χ0v) is 18.0. The van der Waals surface area contributed by atoms with Gasteiger partial charge in [0.1, 0.15) is 6.16 Å². The van der Waals surface area contributed by atoms with Gasteiger partial charge < -0.3 is 14.4 Å². The van der Waals surface area contributed by atoms with Crippen LogP contribution in [0.5, 0.6) is 0 Å². The molecular formula is C20H25BrF2NO3P. The molecule has 0 bridgehead atoms. The zero-order valence-electron chi connectivity index (χ0n) is 15.5. The Hall–Kier alpha value is -0.750. The quantitative estimate of drug-likeness (QED) is 0.465. The Balaban J connectivity index is 1.51. The van der Waals surface area contributed by atoms with Gasteiger partial charge in [-0.25, -0.2) is 8.78 Å². The lowest BCUT2D eigenvalue weighted by Crippen LogP contribution is -2.41. The van der Waals surface area contributed by atoms with E-state index in [-0.39, 0.29) is 12.3 Å². The maximum atomic E-state index is 14.4. The number of nitrogens with zero attached hydrogens (tertiary/aromatic N) is 1. The second-order valence-corrected chi connectivity index (χ2v) is 11.1. The SMILES string of the molecule is O=P(O)(O)CC(F)(F)C1CCC(Cn2c3c(c4ccccc42)CCC3)CC1Br. The van der Waals surface area contributed by atoms with Gasteiger partial charge in [-0.05, 0) is 56.1 Å². The highest BCUT2D eigenvalue weighted by molar-refractivity contribution is 9.09. The van der Waals surface area contributed by atoms with Crippen LogP contribution in [0.1, 0.15) is 36.9 Å². The largest absolute Gasteiger partial charge is 0.344 e. The summed E-state index contributed by atoms with van der Waals surface area (Å²) in [6.45, 7) is 0.814. The summed E-state index contributed by atoms with van der Waals surface area (Å²) in [5, 5.41) is 1.31. The number of benzene rings is 1. The van der Waals surface area contributed by atoms with E-state index in [1.807, 2.05) is 6.07 Å². The number of rotatable bonds is 5. The van der Waals surface area contributed by atoms with E-state index < -0.39 is 30.4 Å². The molecule has 0 aliphatic heterocycles. The molecule has 2 N–H and O–H groups in total. The molecule has 8 heteroatoms. The summed E-state index contributed by atoms with van der Waals surface area (Å²) in [4.78, 5) is 17.5. The summed E-state index contributed by atoms with van der Waals surface area (Å²) in [6, 6.07) is 8.41. The van der Waals surface area contributed by atoms with E-state index in [4.69, 9.17) is 9.79 Å². The predicted octanol–water partition coefficient (Wildman–Crippen LogP) is 5.12. The van der Waals surface area contributed by atoms with Gasteiger partial charge in [0.15, 0.2) is 0 Å². The smallest absolute Gasteiger partial charge is 0.331 e. The second-order valence-electron chi connectivity index (χ2n) is 8.29. The molecule has 0 saturated heterocycles. The van der Waals surface area contributed by atoms with Crippen LogP contribution < -0.4 is 0 Å². The van der Waals surface area contributed by atoms with Gasteiger partial charge in [-0.3, -0.25) is 4.57 Å². The fourth-order valence-electron chi connectivity index (χ4n) is 5.12. The molecule has 4 nitrogen and oxygen atoms in total. The molecule has 2 aliphatic rings. The third-order valence-electron chi connectivity index (χ3n) is 6.32. The Morgan fingerprint density at radius 3 is 2.68 bits per heavy atom. The number of hydrogen-bond donors (Lipinski definition) is 2. The standard InChI is InChI=1S/C20H25BrF2NO3P/c21-17-10-13(8-9-16(17)20(22,23)12-28(25,26)27)11-24-18-6-2-1-4-14(18)15-5-3-7-19(15)24/h1-2,4,6,13,16-17H,3,5,7-12H2,(H2,25,26,27). The highest BCUT2D eigenvalue weighted by Crippen LogP contribution is 2.49. The van der Waals surface area contributed by atoms with Crippen LogP contribution in [0.3, 0.4) is 0 Å². The fourth-order valence-corrected chi connectivity index (χ4v) is 7.09. The Labute approximate surface area is 171 Å². The van der Waals surface area contributed by atoms with Crippen molar-refractivity contribution in [3.8, 4) is 0 Å². The van der Waals surface area contributed by atoms with Gasteiger partial charge in [0.2, 0.25) is 0 Å². The van der Waals surface area contributed by atoms with Gasteiger partial charge in [-0.15, -0.1) is 0 Å². The van der Waals surface area contributed by atoms with Crippen LogP contribution in [0.25, 0.3) is 10.9 Å². The monoisotopic (exact) mass is 475 g/mol. The summed E-state index contributed by atoms with van der Waals surface area (Å²) in [5.74, 6) is -4.13. The highest BCUT2D eigenvalue weighted by atomic mass is 79.9. The van der Waals surface area contributed by atoms with E-state index >= 15 is 0 Å². The van der Waals surface area contributed by atoms with Gasteiger partial charge >= 0.3 is 7.60 Å². The highest BCUT2D eigenvalue weighted by Gasteiger charge is 2.49. The number of aryl methyl sites for hydroxylation is 1. The van der Waals surface area contributed by atoms with Crippen LogP contribution in [-0.2, 0) is 24.0 Å². The third kappa shape index (κ3) is 3.96. The number of alkyl halides is 3. The van der Waals surface area contributed by atoms with Crippen LogP contribution in [0, 0.1) is 11.8 Å². The molecule has 28 heavy (non-hydrogen) atoms. The minimum absolute atomic E-state index is 0.270. The van der Waals surface area contributed by atoms with Crippen molar-refractivity contribution >= 4 is 34.4 Å². The van der Waals surface area contributed by atoms with Crippen molar-refractivity contribution in [1.29, 1.82) is 0 Å². The van der Waals surface area contributed by atoms with Crippen LogP contribution >= 0.6 is 23.5 Å². The average molecular weight is 476 g/mol. The molecule has 3 unspecified atom stereocenters. The lowest BCUT2D eigenvalue weighted by molar-refractivity contribution is -0.0541. The summed E-state index contributed by atoms with van der Waals surface area (Å²) in [7, 11) is -4.75. The topological polar surface area (TPSA) is 62.5 Å². The van der Waals surface area contributed by atoms with E-state index in [1.165, 1.54) is 22.2 Å². The molecule has 4 rings (SSSR count). The molecule has 1 aromatic carbocycles. The van der Waals surface area contributed by atoms with E-state index in [0.29, 0.717) is 12.8 Å². The summed E-state index contributed by atoms with van der Waals surface area (Å²) >= 11 is 3.41. The minimum Gasteiger partial charge on any atom is -0.344 e. The van der Waals surface area contributed by atoms with Gasteiger partial charge in [-0.2, -0.15) is 0 Å².